The largest absolute Gasteiger partial charge is 1.00 e. The van der Waals surface area contributed by atoms with E-state index in [0.29, 0.717) is 17.9 Å². The van der Waals surface area contributed by atoms with Gasteiger partial charge in [-0.15, -0.1) is 0 Å². The second kappa shape index (κ2) is 7.98. The van der Waals surface area contributed by atoms with Crippen LogP contribution in [0.15, 0.2) is 48.5 Å². The zero-order chi connectivity index (χ0) is 18.1. The number of benzene rings is 2. The lowest BCUT2D eigenvalue weighted by Crippen LogP contribution is -3.00. The summed E-state index contributed by atoms with van der Waals surface area (Å²) in [5, 5.41) is 11.6. The molecule has 4 rings (SSSR count). The first-order chi connectivity index (χ1) is 12.6. The van der Waals surface area contributed by atoms with Crippen LogP contribution in [-0.4, -0.2) is 35.7 Å². The number of hydrogen-bond acceptors (Lipinski definition) is 3. The fraction of sp³-hybridized carbons (Fsp3) is 0.381. The maximum Gasteiger partial charge on any atom is 0.273 e. The van der Waals surface area contributed by atoms with E-state index in [2.05, 4.69) is 4.90 Å². The van der Waals surface area contributed by atoms with Gasteiger partial charge in [-0.1, -0.05) is 18.2 Å². The Morgan fingerprint density at radius 2 is 1.89 bits per heavy atom. The molecule has 2 aromatic carbocycles. The van der Waals surface area contributed by atoms with Crippen molar-refractivity contribution in [3.63, 3.8) is 0 Å². The highest BCUT2D eigenvalue weighted by Crippen LogP contribution is 2.37. The third-order valence-electron chi connectivity index (χ3n) is 5.41. The fourth-order valence-electron chi connectivity index (χ4n) is 4.10. The van der Waals surface area contributed by atoms with E-state index in [1.54, 1.807) is 12.1 Å². The summed E-state index contributed by atoms with van der Waals surface area (Å²) in [5.41, 5.74) is -0.0540. The molecule has 0 amide bonds. The Bertz CT molecular complexity index is 843. The Kier molecular flexibility index (Phi) is 5.86. The number of ether oxygens (including phenoxy) is 1. The molecule has 1 N–H and O–H groups in total. The van der Waals surface area contributed by atoms with Gasteiger partial charge in [0.2, 0.25) is 0 Å². The third kappa shape index (κ3) is 3.48. The Hall–Kier alpha value is -1.92. The quantitative estimate of drug-likeness (QED) is 0.714. The van der Waals surface area contributed by atoms with Gasteiger partial charge in [0.25, 0.3) is 11.6 Å². The van der Waals surface area contributed by atoms with Crippen LogP contribution in [0.2, 0.25) is 0 Å². The van der Waals surface area contributed by atoms with Crippen LogP contribution in [0.25, 0.3) is 0 Å². The van der Waals surface area contributed by atoms with Crippen LogP contribution >= 0.6 is 0 Å². The van der Waals surface area contributed by atoms with E-state index in [9.17, 15) is 9.50 Å². The Balaban J connectivity index is 0.00000210. The minimum Gasteiger partial charge on any atom is -1.00 e. The third-order valence-corrected chi connectivity index (χ3v) is 5.41. The lowest BCUT2D eigenvalue weighted by molar-refractivity contribution is -0.658. The molecule has 27 heavy (non-hydrogen) atoms. The molecule has 0 spiro atoms. The van der Waals surface area contributed by atoms with E-state index in [0.717, 1.165) is 43.8 Å². The predicted molar refractivity (Wildman–Crippen MR) is 99.2 cm³/mol. The summed E-state index contributed by atoms with van der Waals surface area (Å²) >= 11 is 0. The van der Waals surface area contributed by atoms with Crippen LogP contribution in [0.3, 0.4) is 0 Å². The topological polar surface area (TPSA) is 35.7 Å². The zero-order valence-corrected chi connectivity index (χ0v) is 17.0. The number of hydrogen-bond donors (Lipinski definition) is 1. The van der Waals surface area contributed by atoms with Gasteiger partial charge in [-0.25, -0.2) is 13.9 Å². The van der Waals surface area contributed by atoms with Gasteiger partial charge in [0.05, 0.1) is 19.2 Å². The highest BCUT2D eigenvalue weighted by molar-refractivity contribution is 5.95. The van der Waals surface area contributed by atoms with E-state index in [-0.39, 0.29) is 17.0 Å². The highest BCUT2D eigenvalue weighted by atomic mass is 79.9. The Morgan fingerprint density at radius 3 is 2.59 bits per heavy atom. The summed E-state index contributed by atoms with van der Waals surface area (Å²) in [5.74, 6) is 1.09. The number of nitrogens with zero attached hydrogens (tertiary/aromatic N) is 2. The molecule has 144 valence electrons. The molecule has 0 fully saturated rings. The van der Waals surface area contributed by atoms with Crippen LogP contribution in [0, 0.1) is 5.82 Å². The molecule has 0 radical (unpaired) electrons. The van der Waals surface area contributed by atoms with Gasteiger partial charge in [-0.2, -0.15) is 0 Å². The summed E-state index contributed by atoms with van der Waals surface area (Å²) in [7, 11) is 1.51. The van der Waals surface area contributed by atoms with Gasteiger partial charge in [0, 0.05) is 12.5 Å². The molecule has 4 nitrogen and oxygen atoms in total. The number of amidine groups is 1. The molecule has 2 aromatic rings. The number of aliphatic hydroxyl groups is 1. The monoisotopic (exact) mass is 434 g/mol. The predicted octanol–water partition coefficient (Wildman–Crippen LogP) is 0.489. The van der Waals surface area contributed by atoms with Crippen LogP contribution in [0.5, 0.6) is 5.75 Å². The molecular weight excluding hydrogens is 411 g/mol. The molecule has 0 saturated carbocycles. The van der Waals surface area contributed by atoms with E-state index in [1.807, 2.05) is 34.9 Å². The number of halogens is 2. The van der Waals surface area contributed by atoms with Crippen LogP contribution in [-0.2, 0) is 5.72 Å². The van der Waals surface area contributed by atoms with Gasteiger partial charge in [0.15, 0.2) is 6.54 Å². The van der Waals surface area contributed by atoms with Crippen molar-refractivity contribution in [1.29, 1.82) is 0 Å². The molecular formula is C21H24BrFN2O2. The van der Waals surface area contributed by atoms with Gasteiger partial charge in [-0.05, 0) is 43.5 Å². The standard InChI is InChI=1S/C21H24FN2O2.BrH/c1-26-17-11-12-18(19(22)14-17)21(25)15-23(16-8-4-2-5-9-16)20-10-6-3-7-13-24(20)21;/h2,4-5,8-9,11-12,14,25H,3,6-7,10,13,15H2,1H3;1H/q+1;/p-1. The summed E-state index contributed by atoms with van der Waals surface area (Å²) in [4.78, 5) is 2.13. The SMILES string of the molecule is COc1ccc(C2(O)CN(c3ccccc3)C3=[N+]2CCCCC3)c(F)c1.[Br-]. The van der Waals surface area contributed by atoms with Crippen molar-refractivity contribution in [1.82, 2.24) is 0 Å². The van der Waals surface area contributed by atoms with Crippen LogP contribution in [0.1, 0.15) is 31.2 Å². The maximum absolute atomic E-state index is 14.8. The second-order valence-electron chi connectivity index (χ2n) is 6.96. The summed E-state index contributed by atoms with van der Waals surface area (Å²) in [6, 6.07) is 14.7. The zero-order valence-electron chi connectivity index (χ0n) is 15.4. The molecule has 2 heterocycles. The molecule has 0 aliphatic carbocycles. The average molecular weight is 435 g/mol. The first-order valence-electron chi connectivity index (χ1n) is 9.16. The molecule has 2 aliphatic heterocycles. The number of para-hydroxylation sites is 1. The van der Waals surface area contributed by atoms with Crippen LogP contribution in [0.4, 0.5) is 10.1 Å². The average Bonchev–Trinajstić information content (AvgIpc) is 2.82. The minimum atomic E-state index is -1.38. The van der Waals surface area contributed by atoms with Crippen molar-refractivity contribution >= 4 is 11.5 Å². The van der Waals surface area contributed by atoms with Crippen molar-refractivity contribution < 1.29 is 35.8 Å². The number of anilines is 1. The van der Waals surface area contributed by atoms with Gasteiger partial charge >= 0.3 is 0 Å². The Morgan fingerprint density at radius 1 is 1.11 bits per heavy atom. The normalized spacial score (nSPS) is 22.1. The molecule has 1 unspecified atom stereocenters. The maximum atomic E-state index is 14.8. The van der Waals surface area contributed by atoms with Crippen molar-refractivity contribution in [2.45, 2.75) is 31.4 Å². The van der Waals surface area contributed by atoms with E-state index < -0.39 is 11.5 Å². The molecule has 0 saturated heterocycles. The fourth-order valence-corrected chi connectivity index (χ4v) is 4.10. The van der Waals surface area contributed by atoms with Crippen LogP contribution < -0.4 is 26.6 Å². The summed E-state index contributed by atoms with van der Waals surface area (Å²) < 4.78 is 21.9. The lowest BCUT2D eigenvalue weighted by Gasteiger charge is -2.24. The Labute approximate surface area is 169 Å². The van der Waals surface area contributed by atoms with E-state index in [1.165, 1.54) is 13.2 Å². The summed E-state index contributed by atoms with van der Waals surface area (Å²) in [6.45, 7) is 1.04. The minimum absolute atomic E-state index is 0. The van der Waals surface area contributed by atoms with Crippen molar-refractivity contribution in [2.75, 3.05) is 25.1 Å². The van der Waals surface area contributed by atoms with E-state index in [4.69, 9.17) is 4.74 Å². The van der Waals surface area contributed by atoms with Gasteiger partial charge < -0.3 is 26.8 Å². The first-order valence-corrected chi connectivity index (χ1v) is 9.16. The van der Waals surface area contributed by atoms with Gasteiger partial charge in [-0.3, -0.25) is 0 Å². The lowest BCUT2D eigenvalue weighted by atomic mass is 10.0. The molecule has 2 aliphatic rings. The first kappa shape index (κ1) is 19.8. The van der Waals surface area contributed by atoms with E-state index >= 15 is 0 Å². The number of methoxy groups -OCH3 is 1. The second-order valence-corrected chi connectivity index (χ2v) is 6.96. The number of β-amino-alcohol motifs (C(OH)–C–C–N with tert-alkyl or cyclic N) is 1. The smallest absolute Gasteiger partial charge is 0.273 e. The number of rotatable bonds is 3. The van der Waals surface area contributed by atoms with Crippen molar-refractivity contribution in [3.05, 3.63) is 59.9 Å². The van der Waals surface area contributed by atoms with Gasteiger partial charge in [0.1, 0.15) is 17.3 Å². The molecule has 0 bridgehead atoms. The molecule has 6 heteroatoms. The molecule has 1 atom stereocenters. The van der Waals surface area contributed by atoms with Crippen molar-refractivity contribution in [2.24, 2.45) is 0 Å². The summed E-state index contributed by atoms with van der Waals surface area (Å²) in [6.07, 6.45) is 4.07. The molecule has 0 aromatic heterocycles. The van der Waals surface area contributed by atoms with Crippen molar-refractivity contribution in [3.8, 4) is 5.75 Å². The highest BCUT2D eigenvalue weighted by Gasteiger charge is 2.53.